The minimum Gasteiger partial charge on any atom is -0.480 e. The molecule has 1 fully saturated rings. The Hall–Kier alpha value is -2.15. The molecular weight excluding hydrogens is 482 g/mol. The number of hydrogen-bond donors (Lipinski definition) is 4. The number of carbonyl (C=O) groups excluding carboxylic acids is 2. The molecule has 34 heavy (non-hydrogen) atoms. The second kappa shape index (κ2) is 12.5. The SMILES string of the molecule is CSCC[C@H](NS(=O)(=O)c1ccc(C)cc1)C(=O)N1CCC(C(=O)N[C@H](C(=O)O)[C@H](C)O)CC1. The Morgan fingerprint density at radius 3 is 2.26 bits per heavy atom. The number of likely N-dealkylation sites (tertiary alicyclic amines) is 1. The molecule has 2 rings (SSSR count). The van der Waals surface area contributed by atoms with Gasteiger partial charge in [0.2, 0.25) is 21.8 Å². The number of aliphatic hydroxyl groups is 1. The largest absolute Gasteiger partial charge is 0.480 e. The number of hydrogen-bond acceptors (Lipinski definition) is 7. The first kappa shape index (κ1) is 28.1. The van der Waals surface area contributed by atoms with E-state index in [2.05, 4.69) is 10.0 Å². The second-order valence-electron chi connectivity index (χ2n) is 8.43. The van der Waals surface area contributed by atoms with Crippen molar-refractivity contribution >= 4 is 39.6 Å². The van der Waals surface area contributed by atoms with Crippen LogP contribution >= 0.6 is 11.8 Å². The van der Waals surface area contributed by atoms with E-state index in [0.717, 1.165) is 5.56 Å². The van der Waals surface area contributed by atoms with Gasteiger partial charge in [0.25, 0.3) is 0 Å². The molecule has 0 spiro atoms. The lowest BCUT2D eigenvalue weighted by Crippen LogP contribution is -2.53. The molecule has 1 saturated heterocycles. The summed E-state index contributed by atoms with van der Waals surface area (Å²) in [4.78, 5) is 38.5. The van der Waals surface area contributed by atoms with Crippen LogP contribution in [0, 0.1) is 12.8 Å². The molecule has 4 N–H and O–H groups in total. The molecule has 0 aliphatic carbocycles. The highest BCUT2D eigenvalue weighted by atomic mass is 32.2. The number of carbonyl (C=O) groups is 3. The number of benzene rings is 1. The number of carboxylic acid groups (broad SMARTS) is 1. The Bertz CT molecular complexity index is 959. The van der Waals surface area contributed by atoms with E-state index in [-0.39, 0.29) is 23.9 Å². The minimum atomic E-state index is -3.89. The summed E-state index contributed by atoms with van der Waals surface area (Å²) in [6.45, 7) is 3.62. The summed E-state index contributed by atoms with van der Waals surface area (Å²) in [6, 6.07) is 4.03. The molecule has 0 radical (unpaired) electrons. The smallest absolute Gasteiger partial charge is 0.328 e. The average Bonchev–Trinajstić information content (AvgIpc) is 2.79. The molecule has 0 saturated carbocycles. The van der Waals surface area contributed by atoms with Gasteiger partial charge >= 0.3 is 5.97 Å². The van der Waals surface area contributed by atoms with Crippen LogP contribution in [0.15, 0.2) is 29.2 Å². The van der Waals surface area contributed by atoms with Crippen LogP contribution in [0.5, 0.6) is 0 Å². The van der Waals surface area contributed by atoms with Crippen molar-refractivity contribution in [1.29, 1.82) is 0 Å². The summed E-state index contributed by atoms with van der Waals surface area (Å²) in [5, 5.41) is 21.0. The van der Waals surface area contributed by atoms with Gasteiger partial charge in [-0.25, -0.2) is 13.2 Å². The van der Waals surface area contributed by atoms with E-state index in [1.54, 1.807) is 12.1 Å². The van der Waals surface area contributed by atoms with Crippen LogP contribution < -0.4 is 10.0 Å². The van der Waals surface area contributed by atoms with Crippen molar-refractivity contribution in [1.82, 2.24) is 14.9 Å². The van der Waals surface area contributed by atoms with Crippen LogP contribution in [-0.4, -0.2) is 84.6 Å². The first-order valence-corrected chi connectivity index (χ1v) is 13.9. The molecule has 2 amide bonds. The summed E-state index contributed by atoms with van der Waals surface area (Å²) in [5.41, 5.74) is 0.920. The number of aryl methyl sites for hydroxylation is 1. The number of sulfonamides is 1. The van der Waals surface area contributed by atoms with E-state index >= 15 is 0 Å². The van der Waals surface area contributed by atoms with E-state index in [1.165, 1.54) is 35.7 Å². The third-order valence-corrected chi connectivity index (χ3v) is 7.89. The molecule has 190 valence electrons. The summed E-state index contributed by atoms with van der Waals surface area (Å²) < 4.78 is 28.2. The standard InChI is InChI=1S/C22H33N3O7S2/c1-14-4-6-17(7-5-14)34(31,32)24-18(10-13-33-3)21(28)25-11-8-16(9-12-25)20(27)23-19(15(2)26)22(29)30/h4-7,15-16,18-19,24,26H,8-13H2,1-3H3,(H,23,27)(H,29,30)/t15-,18-,19-/m0/s1. The molecule has 1 heterocycles. The van der Waals surface area contributed by atoms with Crippen molar-refractivity contribution < 1.29 is 33.0 Å². The Morgan fingerprint density at radius 1 is 1.18 bits per heavy atom. The van der Waals surface area contributed by atoms with Gasteiger partial charge in [0, 0.05) is 19.0 Å². The lowest BCUT2D eigenvalue weighted by Gasteiger charge is -2.34. The Balaban J connectivity index is 2.03. The van der Waals surface area contributed by atoms with Crippen LogP contribution in [0.3, 0.4) is 0 Å². The second-order valence-corrected chi connectivity index (χ2v) is 11.1. The van der Waals surface area contributed by atoms with Gasteiger partial charge in [-0.05, 0) is 57.3 Å². The number of amides is 2. The van der Waals surface area contributed by atoms with Gasteiger partial charge in [0.05, 0.1) is 11.0 Å². The first-order chi connectivity index (χ1) is 16.0. The van der Waals surface area contributed by atoms with Gasteiger partial charge in [-0.3, -0.25) is 9.59 Å². The number of aliphatic carboxylic acids is 1. The molecule has 1 aliphatic heterocycles. The van der Waals surface area contributed by atoms with Gasteiger partial charge in [0.1, 0.15) is 6.04 Å². The average molecular weight is 516 g/mol. The molecule has 1 aromatic carbocycles. The van der Waals surface area contributed by atoms with Gasteiger partial charge < -0.3 is 20.4 Å². The Labute approximate surface area is 204 Å². The number of piperidine rings is 1. The van der Waals surface area contributed by atoms with Crippen molar-refractivity contribution in [2.45, 2.75) is 56.2 Å². The molecule has 0 bridgehead atoms. The quantitative estimate of drug-likeness (QED) is 0.334. The van der Waals surface area contributed by atoms with Crippen LogP contribution in [-0.2, 0) is 24.4 Å². The normalized spacial score (nSPS) is 17.6. The number of thioether (sulfide) groups is 1. The lowest BCUT2D eigenvalue weighted by molar-refractivity contribution is -0.146. The van der Waals surface area contributed by atoms with Crippen molar-refractivity contribution in [3.05, 3.63) is 29.8 Å². The Morgan fingerprint density at radius 2 is 1.76 bits per heavy atom. The molecule has 3 atom stereocenters. The van der Waals surface area contributed by atoms with Gasteiger partial charge in [0.15, 0.2) is 6.04 Å². The maximum absolute atomic E-state index is 13.2. The molecule has 0 aromatic heterocycles. The number of carboxylic acids is 1. The molecular formula is C22H33N3O7S2. The zero-order valence-electron chi connectivity index (χ0n) is 19.6. The van der Waals surface area contributed by atoms with Gasteiger partial charge in [-0.1, -0.05) is 17.7 Å². The predicted octanol–water partition coefficient (Wildman–Crippen LogP) is 0.584. The monoisotopic (exact) mass is 515 g/mol. The fourth-order valence-corrected chi connectivity index (χ4v) is 5.38. The Kier molecular flexibility index (Phi) is 10.3. The van der Waals surface area contributed by atoms with Crippen LogP contribution in [0.2, 0.25) is 0 Å². The number of nitrogens with one attached hydrogen (secondary N) is 2. The third kappa shape index (κ3) is 7.69. The predicted molar refractivity (Wildman–Crippen MR) is 129 cm³/mol. The summed E-state index contributed by atoms with van der Waals surface area (Å²) in [6.07, 6.45) is 1.56. The van der Waals surface area contributed by atoms with Gasteiger partial charge in [-0.15, -0.1) is 0 Å². The van der Waals surface area contributed by atoms with Crippen molar-refractivity contribution in [3.8, 4) is 0 Å². The molecule has 1 aromatic rings. The van der Waals surface area contributed by atoms with Crippen molar-refractivity contribution in [3.63, 3.8) is 0 Å². The number of rotatable bonds is 11. The summed E-state index contributed by atoms with van der Waals surface area (Å²) >= 11 is 1.51. The summed E-state index contributed by atoms with van der Waals surface area (Å²) in [7, 11) is -3.89. The van der Waals surface area contributed by atoms with E-state index < -0.39 is 46.0 Å². The van der Waals surface area contributed by atoms with Crippen LogP contribution in [0.1, 0.15) is 31.7 Å². The maximum atomic E-state index is 13.2. The minimum absolute atomic E-state index is 0.0847. The number of nitrogens with zero attached hydrogens (tertiary/aromatic N) is 1. The molecule has 0 unspecified atom stereocenters. The highest BCUT2D eigenvalue weighted by molar-refractivity contribution is 7.98. The highest BCUT2D eigenvalue weighted by Crippen LogP contribution is 2.20. The van der Waals surface area contributed by atoms with E-state index in [4.69, 9.17) is 5.11 Å². The molecule has 12 heteroatoms. The van der Waals surface area contributed by atoms with Crippen molar-refractivity contribution in [2.24, 2.45) is 5.92 Å². The van der Waals surface area contributed by atoms with Gasteiger partial charge in [-0.2, -0.15) is 16.5 Å². The zero-order valence-corrected chi connectivity index (χ0v) is 21.2. The lowest BCUT2D eigenvalue weighted by atomic mass is 9.94. The van der Waals surface area contributed by atoms with Crippen LogP contribution in [0.25, 0.3) is 0 Å². The molecule has 1 aliphatic rings. The van der Waals surface area contributed by atoms with Crippen LogP contribution in [0.4, 0.5) is 0 Å². The van der Waals surface area contributed by atoms with E-state index in [0.29, 0.717) is 25.0 Å². The fraction of sp³-hybridized carbons (Fsp3) is 0.591. The van der Waals surface area contributed by atoms with E-state index in [1.807, 2.05) is 13.2 Å². The maximum Gasteiger partial charge on any atom is 0.328 e. The third-order valence-electron chi connectivity index (χ3n) is 5.76. The van der Waals surface area contributed by atoms with Crippen molar-refractivity contribution in [2.75, 3.05) is 25.1 Å². The van der Waals surface area contributed by atoms with E-state index in [9.17, 15) is 27.9 Å². The summed E-state index contributed by atoms with van der Waals surface area (Å²) in [5.74, 6) is -2.08. The zero-order chi connectivity index (χ0) is 25.5. The number of aliphatic hydroxyl groups excluding tert-OH is 1. The highest BCUT2D eigenvalue weighted by Gasteiger charge is 2.34. The topological polar surface area (TPSA) is 153 Å². The fourth-order valence-electron chi connectivity index (χ4n) is 3.68. The molecule has 10 nitrogen and oxygen atoms in total. The first-order valence-electron chi connectivity index (χ1n) is 11.0.